The van der Waals surface area contributed by atoms with Crippen LogP contribution in [0.4, 0.5) is 0 Å². The Labute approximate surface area is 86.8 Å². The maximum Gasteiger partial charge on any atom is 0.177 e. The Hall–Kier alpha value is -1.62. The molecule has 0 atom stereocenters. The maximum absolute atomic E-state index is 11.4. The van der Waals surface area contributed by atoms with Crippen LogP contribution in [-0.2, 0) is 9.84 Å². The van der Waals surface area contributed by atoms with Gasteiger partial charge in [0.05, 0.1) is 10.4 Å². The molecule has 15 heavy (non-hydrogen) atoms. The number of H-pyrrole nitrogens is 1. The summed E-state index contributed by atoms with van der Waals surface area (Å²) in [6.07, 6.45) is 3.35. The highest BCUT2D eigenvalue weighted by Gasteiger charge is 2.13. The first-order chi connectivity index (χ1) is 7.04. The quantitative estimate of drug-likeness (QED) is 0.782. The molecule has 0 bridgehead atoms. The van der Waals surface area contributed by atoms with E-state index in [4.69, 9.17) is 0 Å². The first-order valence-corrected chi connectivity index (χ1v) is 6.18. The van der Waals surface area contributed by atoms with E-state index >= 15 is 0 Å². The van der Waals surface area contributed by atoms with E-state index in [1.807, 2.05) is 0 Å². The normalized spacial score (nSPS) is 11.8. The number of carbonyl (C=O) groups is 1. The third-order valence-corrected chi connectivity index (χ3v) is 3.37. The predicted octanol–water partition coefficient (Wildman–Crippen LogP) is 1.38. The summed E-state index contributed by atoms with van der Waals surface area (Å²) in [6, 6.07) is 4.85. The third-order valence-electron chi connectivity index (χ3n) is 2.24. The van der Waals surface area contributed by atoms with Crippen molar-refractivity contribution in [2.75, 3.05) is 6.26 Å². The summed E-state index contributed by atoms with van der Waals surface area (Å²) < 4.78 is 22.9. The van der Waals surface area contributed by atoms with E-state index in [0.29, 0.717) is 22.8 Å². The van der Waals surface area contributed by atoms with Crippen LogP contribution in [-0.4, -0.2) is 25.9 Å². The van der Waals surface area contributed by atoms with Gasteiger partial charge in [0.2, 0.25) is 0 Å². The highest BCUT2D eigenvalue weighted by atomic mass is 32.2. The van der Waals surface area contributed by atoms with Crippen molar-refractivity contribution < 1.29 is 13.2 Å². The summed E-state index contributed by atoms with van der Waals surface area (Å²) in [7, 11) is -3.27. The van der Waals surface area contributed by atoms with Crippen LogP contribution in [0.5, 0.6) is 0 Å². The number of aromatic nitrogens is 1. The van der Waals surface area contributed by atoms with E-state index < -0.39 is 9.84 Å². The van der Waals surface area contributed by atoms with Crippen molar-refractivity contribution in [2.45, 2.75) is 4.90 Å². The van der Waals surface area contributed by atoms with Crippen LogP contribution in [0, 0.1) is 0 Å². The van der Waals surface area contributed by atoms with Crippen molar-refractivity contribution in [3.63, 3.8) is 0 Å². The SMILES string of the molecule is CS(=O)(=O)c1cccc2c(C=O)c[nH]c12. The molecule has 1 aromatic carbocycles. The fraction of sp³-hybridized carbons (Fsp3) is 0.100. The van der Waals surface area contributed by atoms with E-state index in [1.165, 1.54) is 12.3 Å². The van der Waals surface area contributed by atoms with Crippen LogP contribution in [0.2, 0.25) is 0 Å². The molecule has 0 amide bonds. The summed E-state index contributed by atoms with van der Waals surface area (Å²) >= 11 is 0. The highest BCUT2D eigenvalue weighted by Crippen LogP contribution is 2.23. The fourth-order valence-corrected chi connectivity index (χ4v) is 2.42. The van der Waals surface area contributed by atoms with Gasteiger partial charge < -0.3 is 4.98 Å². The number of rotatable bonds is 2. The minimum absolute atomic E-state index is 0.216. The molecule has 2 rings (SSSR count). The van der Waals surface area contributed by atoms with Crippen LogP contribution in [0.3, 0.4) is 0 Å². The Morgan fingerprint density at radius 3 is 2.67 bits per heavy atom. The number of hydrogen-bond acceptors (Lipinski definition) is 3. The van der Waals surface area contributed by atoms with Crippen molar-refractivity contribution >= 4 is 27.0 Å². The first kappa shape index (κ1) is 9.92. The first-order valence-electron chi connectivity index (χ1n) is 4.29. The molecule has 0 aliphatic heterocycles. The van der Waals surface area contributed by atoms with Gasteiger partial charge in [-0.1, -0.05) is 12.1 Å². The summed E-state index contributed by atoms with van der Waals surface area (Å²) in [5, 5.41) is 0.632. The molecular formula is C10H9NO3S. The Balaban J connectivity index is 2.90. The summed E-state index contributed by atoms with van der Waals surface area (Å²) in [4.78, 5) is 13.7. The number of sulfone groups is 1. The average Bonchev–Trinajstić information content (AvgIpc) is 2.58. The molecular weight excluding hydrogens is 214 g/mol. The molecule has 4 nitrogen and oxygen atoms in total. The van der Waals surface area contributed by atoms with Crippen LogP contribution >= 0.6 is 0 Å². The maximum atomic E-state index is 11.4. The van der Waals surface area contributed by atoms with E-state index in [9.17, 15) is 13.2 Å². The number of aromatic amines is 1. The zero-order valence-electron chi connectivity index (χ0n) is 8.02. The largest absolute Gasteiger partial charge is 0.359 e. The van der Waals surface area contributed by atoms with Gasteiger partial charge in [-0.25, -0.2) is 8.42 Å². The molecule has 0 aliphatic rings. The number of carbonyl (C=O) groups excluding carboxylic acids is 1. The molecule has 0 spiro atoms. The summed E-state index contributed by atoms with van der Waals surface area (Å²) in [5.41, 5.74) is 0.956. The van der Waals surface area contributed by atoms with Crippen LogP contribution in [0.15, 0.2) is 29.3 Å². The van der Waals surface area contributed by atoms with Gasteiger partial charge in [0.1, 0.15) is 0 Å². The minimum Gasteiger partial charge on any atom is -0.359 e. The van der Waals surface area contributed by atoms with E-state index in [0.717, 1.165) is 6.26 Å². The zero-order valence-corrected chi connectivity index (χ0v) is 8.84. The molecule has 0 saturated carbocycles. The number of hydrogen-bond donors (Lipinski definition) is 1. The monoisotopic (exact) mass is 223 g/mol. The van der Waals surface area contributed by atoms with Crippen LogP contribution < -0.4 is 0 Å². The molecule has 0 saturated heterocycles. The van der Waals surface area contributed by atoms with Crippen molar-refractivity contribution in [1.29, 1.82) is 0 Å². The lowest BCUT2D eigenvalue weighted by Crippen LogP contribution is -1.97. The Morgan fingerprint density at radius 1 is 1.33 bits per heavy atom. The second-order valence-electron chi connectivity index (χ2n) is 3.31. The summed E-state index contributed by atoms with van der Waals surface area (Å²) in [6.45, 7) is 0. The van der Waals surface area contributed by atoms with Crippen molar-refractivity contribution in [2.24, 2.45) is 0 Å². The van der Waals surface area contributed by atoms with E-state index in [1.54, 1.807) is 12.1 Å². The molecule has 0 aliphatic carbocycles. The number of nitrogens with one attached hydrogen (secondary N) is 1. The predicted molar refractivity (Wildman–Crippen MR) is 56.8 cm³/mol. The van der Waals surface area contributed by atoms with E-state index in [2.05, 4.69) is 4.98 Å². The summed E-state index contributed by atoms with van der Waals surface area (Å²) in [5.74, 6) is 0. The van der Waals surface area contributed by atoms with Gasteiger partial charge >= 0.3 is 0 Å². The van der Waals surface area contributed by atoms with Crippen LogP contribution in [0.25, 0.3) is 10.9 Å². The molecule has 5 heteroatoms. The number of aldehydes is 1. The zero-order chi connectivity index (χ0) is 11.1. The molecule has 78 valence electrons. The van der Waals surface area contributed by atoms with Gasteiger partial charge in [-0.05, 0) is 6.07 Å². The Morgan fingerprint density at radius 2 is 2.07 bits per heavy atom. The molecule has 1 N–H and O–H groups in total. The van der Waals surface area contributed by atoms with Gasteiger partial charge in [0.25, 0.3) is 0 Å². The highest BCUT2D eigenvalue weighted by molar-refractivity contribution is 7.91. The topological polar surface area (TPSA) is 67.0 Å². The van der Waals surface area contributed by atoms with Crippen molar-refractivity contribution in [3.8, 4) is 0 Å². The van der Waals surface area contributed by atoms with Crippen molar-refractivity contribution in [3.05, 3.63) is 30.0 Å². The lowest BCUT2D eigenvalue weighted by molar-refractivity contribution is 0.112. The number of benzene rings is 1. The number of para-hydroxylation sites is 1. The lowest BCUT2D eigenvalue weighted by atomic mass is 10.2. The molecule has 2 aromatic rings. The van der Waals surface area contributed by atoms with Gasteiger partial charge in [-0.15, -0.1) is 0 Å². The molecule has 0 radical (unpaired) electrons. The third kappa shape index (κ3) is 1.55. The second kappa shape index (κ2) is 3.20. The minimum atomic E-state index is -3.27. The average molecular weight is 223 g/mol. The standard InChI is InChI=1S/C10H9NO3S/c1-15(13,14)9-4-2-3-8-7(6-12)5-11-10(8)9/h2-6,11H,1H3. The molecule has 1 aromatic heterocycles. The second-order valence-corrected chi connectivity index (χ2v) is 5.30. The van der Waals surface area contributed by atoms with Crippen LogP contribution in [0.1, 0.15) is 10.4 Å². The lowest BCUT2D eigenvalue weighted by Gasteiger charge is -1.99. The Kier molecular flexibility index (Phi) is 2.12. The van der Waals surface area contributed by atoms with Gasteiger partial charge in [-0.2, -0.15) is 0 Å². The van der Waals surface area contributed by atoms with Gasteiger partial charge in [0.15, 0.2) is 16.1 Å². The molecule has 0 unspecified atom stereocenters. The molecule has 1 heterocycles. The molecule has 0 fully saturated rings. The number of fused-ring (bicyclic) bond motifs is 1. The smallest absolute Gasteiger partial charge is 0.177 e. The van der Waals surface area contributed by atoms with Gasteiger partial charge in [0, 0.05) is 23.4 Å². The fourth-order valence-electron chi connectivity index (χ4n) is 1.55. The van der Waals surface area contributed by atoms with Crippen molar-refractivity contribution in [1.82, 2.24) is 4.98 Å². The van der Waals surface area contributed by atoms with Gasteiger partial charge in [-0.3, -0.25) is 4.79 Å². The van der Waals surface area contributed by atoms with E-state index in [-0.39, 0.29) is 4.90 Å². The Bertz CT molecular complexity index is 625.